The maximum atomic E-state index is 5.15. The Balaban J connectivity index is 1.07. The Labute approximate surface area is 319 Å². The number of nitrogens with zero attached hydrogens (tertiary/aromatic N) is 2. The Bertz CT molecular complexity index is 3240. The van der Waals surface area contributed by atoms with Crippen LogP contribution in [-0.4, -0.2) is 9.55 Å². The van der Waals surface area contributed by atoms with E-state index in [0.29, 0.717) is 0 Å². The highest BCUT2D eigenvalue weighted by Crippen LogP contribution is 2.43. The van der Waals surface area contributed by atoms with Crippen molar-refractivity contribution < 1.29 is 0 Å². The molecule has 2 nitrogen and oxygen atoms in total. The minimum absolute atomic E-state index is 0.924. The van der Waals surface area contributed by atoms with Crippen LogP contribution < -0.4 is 0 Å². The first-order chi connectivity index (χ1) is 27.3. The lowest BCUT2D eigenvalue weighted by Gasteiger charge is -2.18. The van der Waals surface area contributed by atoms with Crippen LogP contribution in [0.2, 0.25) is 0 Å². The van der Waals surface area contributed by atoms with Crippen LogP contribution in [-0.2, 0) is 0 Å². The molecule has 11 rings (SSSR count). The zero-order valence-electron chi connectivity index (χ0n) is 30.0. The maximum Gasteiger partial charge on any atom is 0.0870 e. The van der Waals surface area contributed by atoms with Crippen molar-refractivity contribution in [3.8, 4) is 50.6 Å². The lowest BCUT2D eigenvalue weighted by atomic mass is 9.89. The molecule has 0 spiro atoms. The van der Waals surface area contributed by atoms with Crippen molar-refractivity contribution in [3.05, 3.63) is 206 Å². The zero-order valence-corrected chi connectivity index (χ0v) is 30.0. The molecule has 9 aromatic carbocycles. The Morgan fingerprint density at radius 2 is 0.782 bits per heavy atom. The largest absolute Gasteiger partial charge is 0.308 e. The number of aromatic nitrogens is 2. The molecule has 0 unspecified atom stereocenters. The SMILES string of the molecule is c1ccc(-n2c(-c3ccc(-c4cc5ccccc5c5ccccc45)cn3)ccc2-c2ccc(-c3cc4ccccc4c4ccccc34)c3ccccc23)cc1. The number of hydrogen-bond donors (Lipinski definition) is 0. The Morgan fingerprint density at radius 3 is 1.40 bits per heavy atom. The summed E-state index contributed by atoms with van der Waals surface area (Å²) in [5.41, 5.74) is 10.1. The highest BCUT2D eigenvalue weighted by atomic mass is 15.0. The van der Waals surface area contributed by atoms with Gasteiger partial charge in [-0.2, -0.15) is 0 Å². The van der Waals surface area contributed by atoms with E-state index in [4.69, 9.17) is 4.98 Å². The predicted molar refractivity (Wildman–Crippen MR) is 233 cm³/mol. The fourth-order valence-electron chi connectivity index (χ4n) is 8.73. The normalized spacial score (nSPS) is 11.6. The molecular weight excluding hydrogens is 665 g/mol. The molecule has 0 radical (unpaired) electrons. The number of hydrogen-bond acceptors (Lipinski definition) is 1. The second kappa shape index (κ2) is 12.7. The summed E-state index contributed by atoms with van der Waals surface area (Å²) in [4.78, 5) is 5.15. The first-order valence-corrected chi connectivity index (χ1v) is 18.9. The molecule has 0 saturated heterocycles. The topological polar surface area (TPSA) is 17.8 Å². The molecule has 2 heterocycles. The van der Waals surface area contributed by atoms with Gasteiger partial charge in [-0.05, 0) is 113 Å². The number of pyridine rings is 1. The second-order valence-corrected chi connectivity index (χ2v) is 14.3. The first-order valence-electron chi connectivity index (χ1n) is 18.9. The van der Waals surface area contributed by atoms with E-state index in [-0.39, 0.29) is 0 Å². The molecule has 0 amide bonds. The molecule has 0 aliphatic rings. The summed E-state index contributed by atoms with van der Waals surface area (Å²) >= 11 is 0. The summed E-state index contributed by atoms with van der Waals surface area (Å²) in [5, 5.41) is 12.5. The molecule has 2 aromatic heterocycles. The van der Waals surface area contributed by atoms with E-state index >= 15 is 0 Å². The van der Waals surface area contributed by atoms with Gasteiger partial charge in [0.25, 0.3) is 0 Å². The first kappa shape index (κ1) is 31.3. The minimum Gasteiger partial charge on any atom is -0.308 e. The van der Waals surface area contributed by atoms with Gasteiger partial charge in [-0.15, -0.1) is 0 Å². The standard InChI is InChI=1S/C53H34N2/c1-2-16-38(17-3-1)55-52(30-31-53(55)51-29-26-37(34-54-51)49-32-35-14-4-6-18-39(35)41-20-8-12-24-45(41)49)48-28-27-47(43-22-10-11-23-44(43)48)50-33-36-15-5-7-19-40(36)42-21-9-13-25-46(42)50/h1-34H. The highest BCUT2D eigenvalue weighted by molar-refractivity contribution is 6.17. The Morgan fingerprint density at radius 1 is 0.309 bits per heavy atom. The van der Waals surface area contributed by atoms with E-state index in [1.54, 1.807) is 0 Å². The van der Waals surface area contributed by atoms with Gasteiger partial charge in [0.1, 0.15) is 0 Å². The molecule has 0 bridgehead atoms. The third-order valence-electron chi connectivity index (χ3n) is 11.3. The molecular formula is C53H34N2. The van der Waals surface area contributed by atoms with Gasteiger partial charge in [-0.25, -0.2) is 0 Å². The van der Waals surface area contributed by atoms with Crippen molar-refractivity contribution in [2.45, 2.75) is 0 Å². The lowest BCUT2D eigenvalue weighted by molar-refractivity contribution is 1.08. The third kappa shape index (κ3) is 5.07. The quantitative estimate of drug-likeness (QED) is 0.164. The summed E-state index contributed by atoms with van der Waals surface area (Å²) in [6, 6.07) is 72.5. The summed E-state index contributed by atoms with van der Waals surface area (Å²) in [7, 11) is 0. The Kier molecular flexibility index (Phi) is 7.21. The van der Waals surface area contributed by atoms with Crippen molar-refractivity contribution in [1.82, 2.24) is 9.55 Å². The third-order valence-corrected chi connectivity index (χ3v) is 11.3. The summed E-state index contributed by atoms with van der Waals surface area (Å²) in [6.45, 7) is 0. The van der Waals surface area contributed by atoms with Crippen LogP contribution in [0, 0.1) is 0 Å². The maximum absolute atomic E-state index is 5.15. The fourth-order valence-corrected chi connectivity index (χ4v) is 8.73. The lowest BCUT2D eigenvalue weighted by Crippen LogP contribution is -2.01. The molecule has 0 N–H and O–H groups in total. The minimum atomic E-state index is 0.924. The fraction of sp³-hybridized carbons (Fsp3) is 0. The Hall–Kier alpha value is -7.29. The van der Waals surface area contributed by atoms with Gasteiger partial charge in [0.2, 0.25) is 0 Å². The van der Waals surface area contributed by atoms with Gasteiger partial charge in [0.15, 0.2) is 0 Å². The summed E-state index contributed by atoms with van der Waals surface area (Å²) in [6.07, 6.45) is 2.03. The molecule has 0 saturated carbocycles. The smallest absolute Gasteiger partial charge is 0.0870 e. The molecule has 11 aromatic rings. The molecule has 0 atom stereocenters. The van der Waals surface area contributed by atoms with Crippen molar-refractivity contribution in [3.63, 3.8) is 0 Å². The molecule has 55 heavy (non-hydrogen) atoms. The van der Waals surface area contributed by atoms with E-state index in [9.17, 15) is 0 Å². The predicted octanol–water partition coefficient (Wildman–Crippen LogP) is 14.3. The highest BCUT2D eigenvalue weighted by Gasteiger charge is 2.19. The summed E-state index contributed by atoms with van der Waals surface area (Å²) in [5.74, 6) is 0. The van der Waals surface area contributed by atoms with Crippen LogP contribution in [0.15, 0.2) is 206 Å². The van der Waals surface area contributed by atoms with E-state index in [1.807, 2.05) is 6.20 Å². The van der Waals surface area contributed by atoms with Gasteiger partial charge in [-0.1, -0.05) is 158 Å². The average Bonchev–Trinajstić information content (AvgIpc) is 3.71. The van der Waals surface area contributed by atoms with Gasteiger partial charge < -0.3 is 4.57 Å². The van der Waals surface area contributed by atoms with Crippen LogP contribution in [0.3, 0.4) is 0 Å². The van der Waals surface area contributed by atoms with Gasteiger partial charge >= 0.3 is 0 Å². The van der Waals surface area contributed by atoms with Crippen LogP contribution in [0.5, 0.6) is 0 Å². The van der Waals surface area contributed by atoms with Crippen molar-refractivity contribution in [2.75, 3.05) is 0 Å². The van der Waals surface area contributed by atoms with Gasteiger partial charge in [0.05, 0.1) is 17.1 Å². The van der Waals surface area contributed by atoms with Crippen molar-refractivity contribution in [2.24, 2.45) is 0 Å². The van der Waals surface area contributed by atoms with E-state index in [2.05, 4.69) is 205 Å². The number of fused-ring (bicyclic) bond motifs is 7. The molecule has 256 valence electrons. The summed E-state index contributed by atoms with van der Waals surface area (Å²) < 4.78 is 2.36. The average molecular weight is 699 g/mol. The van der Waals surface area contributed by atoms with Crippen LogP contribution in [0.1, 0.15) is 0 Å². The van der Waals surface area contributed by atoms with Gasteiger partial charge in [0, 0.05) is 23.0 Å². The monoisotopic (exact) mass is 698 g/mol. The number of benzene rings is 9. The zero-order chi connectivity index (χ0) is 36.3. The van der Waals surface area contributed by atoms with Crippen molar-refractivity contribution >= 4 is 53.9 Å². The number of para-hydroxylation sites is 1. The van der Waals surface area contributed by atoms with E-state index < -0.39 is 0 Å². The van der Waals surface area contributed by atoms with E-state index in [1.165, 1.54) is 76.1 Å². The molecule has 2 heteroatoms. The molecule has 0 fully saturated rings. The van der Waals surface area contributed by atoms with Crippen molar-refractivity contribution in [1.29, 1.82) is 0 Å². The van der Waals surface area contributed by atoms with Crippen LogP contribution >= 0.6 is 0 Å². The number of rotatable bonds is 5. The second-order valence-electron chi connectivity index (χ2n) is 14.3. The van der Waals surface area contributed by atoms with Gasteiger partial charge in [-0.3, -0.25) is 4.98 Å². The van der Waals surface area contributed by atoms with Crippen LogP contribution in [0.4, 0.5) is 0 Å². The van der Waals surface area contributed by atoms with Crippen LogP contribution in [0.25, 0.3) is 104 Å². The van der Waals surface area contributed by atoms with E-state index in [0.717, 1.165) is 28.3 Å². The molecule has 0 aliphatic carbocycles. The molecule has 0 aliphatic heterocycles.